The van der Waals surface area contributed by atoms with Crippen LogP contribution in [0.25, 0.3) is 11.1 Å². The number of hydrogen-bond acceptors (Lipinski definition) is 7. The van der Waals surface area contributed by atoms with Crippen molar-refractivity contribution in [3.05, 3.63) is 60.1 Å². The summed E-state index contributed by atoms with van der Waals surface area (Å²) in [6.07, 6.45) is 6.88. The minimum Gasteiger partial charge on any atom is -0.396 e. The molecule has 8 heteroatoms. The maximum absolute atomic E-state index is 13.3. The van der Waals surface area contributed by atoms with Gasteiger partial charge in [-0.3, -0.25) is 19.5 Å². The zero-order valence-corrected chi connectivity index (χ0v) is 17.7. The first-order chi connectivity index (χ1) is 14.8. The van der Waals surface area contributed by atoms with Gasteiger partial charge in [0.1, 0.15) is 11.5 Å². The van der Waals surface area contributed by atoms with Gasteiger partial charge in [0.05, 0.1) is 23.5 Å². The van der Waals surface area contributed by atoms with Gasteiger partial charge in [0.2, 0.25) is 5.91 Å². The van der Waals surface area contributed by atoms with Crippen molar-refractivity contribution >= 4 is 23.2 Å². The first-order valence-corrected chi connectivity index (χ1v) is 10.1. The lowest BCUT2D eigenvalue weighted by atomic mass is 9.85. The summed E-state index contributed by atoms with van der Waals surface area (Å²) < 4.78 is 0. The van der Waals surface area contributed by atoms with Gasteiger partial charge in [-0.15, -0.1) is 0 Å². The van der Waals surface area contributed by atoms with Crippen LogP contribution in [0.4, 0.5) is 11.5 Å². The van der Waals surface area contributed by atoms with E-state index >= 15 is 0 Å². The number of benzene rings is 1. The van der Waals surface area contributed by atoms with Crippen LogP contribution >= 0.6 is 0 Å². The third kappa shape index (κ3) is 3.70. The molecule has 3 heterocycles. The molecule has 1 amide bonds. The minimum atomic E-state index is -0.754. The minimum absolute atomic E-state index is 0.0729. The molecule has 0 saturated carbocycles. The van der Waals surface area contributed by atoms with E-state index in [-0.39, 0.29) is 30.4 Å². The Morgan fingerprint density at radius 3 is 2.55 bits per heavy atom. The Bertz CT molecular complexity index is 1160. The monoisotopic (exact) mass is 417 g/mol. The van der Waals surface area contributed by atoms with E-state index in [1.54, 1.807) is 12.4 Å². The number of rotatable bonds is 6. The number of aromatic nitrogens is 4. The second kappa shape index (κ2) is 7.96. The van der Waals surface area contributed by atoms with Crippen molar-refractivity contribution in [2.45, 2.75) is 39.0 Å². The number of amides is 1. The molecule has 0 bridgehead atoms. The van der Waals surface area contributed by atoms with Gasteiger partial charge in [0.15, 0.2) is 11.6 Å². The van der Waals surface area contributed by atoms with Crippen LogP contribution in [0, 0.1) is 6.92 Å². The maximum Gasteiger partial charge on any atom is 0.242 e. The summed E-state index contributed by atoms with van der Waals surface area (Å²) in [6, 6.07) is 5.80. The van der Waals surface area contributed by atoms with Gasteiger partial charge in [0, 0.05) is 31.0 Å². The molecule has 0 saturated heterocycles. The van der Waals surface area contributed by atoms with E-state index < -0.39 is 5.41 Å². The predicted molar refractivity (Wildman–Crippen MR) is 115 cm³/mol. The average molecular weight is 417 g/mol. The zero-order chi connectivity index (χ0) is 22.2. The fourth-order valence-electron chi connectivity index (χ4n) is 3.66. The summed E-state index contributed by atoms with van der Waals surface area (Å²) in [7, 11) is 0. The lowest BCUT2D eigenvalue weighted by molar-refractivity contribution is -0.121. The van der Waals surface area contributed by atoms with Gasteiger partial charge < -0.3 is 5.11 Å². The summed E-state index contributed by atoms with van der Waals surface area (Å²) in [5, 5.41) is 8.98. The molecule has 0 unspecified atom stereocenters. The Kier molecular flexibility index (Phi) is 5.32. The summed E-state index contributed by atoms with van der Waals surface area (Å²) >= 11 is 0. The normalized spacial score (nSPS) is 14.6. The molecule has 1 N–H and O–H groups in total. The molecule has 31 heavy (non-hydrogen) atoms. The van der Waals surface area contributed by atoms with Crippen LogP contribution < -0.4 is 4.90 Å². The van der Waals surface area contributed by atoms with Gasteiger partial charge in [-0.2, -0.15) is 0 Å². The molecule has 2 aromatic heterocycles. The van der Waals surface area contributed by atoms with E-state index in [1.807, 2.05) is 39.0 Å². The second-order valence-electron chi connectivity index (χ2n) is 8.03. The predicted octanol–water partition coefficient (Wildman–Crippen LogP) is 3.15. The Balaban J connectivity index is 1.78. The lowest BCUT2D eigenvalue weighted by Crippen LogP contribution is -2.33. The number of aliphatic hydroxyl groups excluding tert-OH is 1. The zero-order valence-electron chi connectivity index (χ0n) is 17.7. The summed E-state index contributed by atoms with van der Waals surface area (Å²) in [4.78, 5) is 44.3. The Morgan fingerprint density at radius 2 is 1.84 bits per heavy atom. The van der Waals surface area contributed by atoms with Crippen molar-refractivity contribution in [3.63, 3.8) is 0 Å². The lowest BCUT2D eigenvalue weighted by Gasteiger charge is -2.19. The van der Waals surface area contributed by atoms with Crippen LogP contribution in [0.15, 0.2) is 43.0 Å². The summed E-state index contributed by atoms with van der Waals surface area (Å²) in [5.74, 6) is 0.610. The molecule has 3 aromatic rings. The molecular weight excluding hydrogens is 394 g/mol. The standard InChI is InChI=1S/C23H23N5O3/c1-14-25-10-16(11-26-14)15-6-7-17-19(9-15)28(22(31)23(17,2)3)21-13-24-12-18(27-21)20(30)5-4-8-29/h6-7,9-13,29H,4-5,8H2,1-3H3. The van der Waals surface area contributed by atoms with Crippen LogP contribution in [-0.4, -0.2) is 43.3 Å². The highest BCUT2D eigenvalue weighted by molar-refractivity contribution is 6.12. The van der Waals surface area contributed by atoms with Gasteiger partial charge in [-0.05, 0) is 44.4 Å². The molecular formula is C23H23N5O3. The SMILES string of the molecule is Cc1ncc(-c2ccc3c(c2)N(c2cncc(C(=O)CCCO)n2)C(=O)C3(C)C)cn1. The van der Waals surface area contributed by atoms with Crippen LogP contribution in [0.2, 0.25) is 0 Å². The largest absolute Gasteiger partial charge is 0.396 e. The van der Waals surface area contributed by atoms with Crippen molar-refractivity contribution in [2.24, 2.45) is 0 Å². The third-order valence-corrected chi connectivity index (χ3v) is 5.46. The number of hydrogen-bond donors (Lipinski definition) is 1. The quantitative estimate of drug-likeness (QED) is 0.614. The van der Waals surface area contributed by atoms with E-state index in [2.05, 4.69) is 19.9 Å². The Labute approximate surface area is 180 Å². The molecule has 1 aliphatic rings. The Morgan fingerprint density at radius 1 is 1.10 bits per heavy atom. The van der Waals surface area contributed by atoms with E-state index in [0.717, 1.165) is 16.7 Å². The molecule has 0 atom stereocenters. The molecule has 0 spiro atoms. The molecule has 1 aliphatic heterocycles. The number of aliphatic hydroxyl groups is 1. The van der Waals surface area contributed by atoms with Gasteiger partial charge in [0.25, 0.3) is 0 Å². The number of Topliss-reactive ketones (excluding diaryl/α,β-unsaturated/α-hetero) is 1. The van der Waals surface area contributed by atoms with Gasteiger partial charge in [-0.1, -0.05) is 12.1 Å². The maximum atomic E-state index is 13.3. The highest BCUT2D eigenvalue weighted by Crippen LogP contribution is 2.46. The third-order valence-electron chi connectivity index (χ3n) is 5.46. The number of ketones is 1. The number of aryl methyl sites for hydroxylation is 1. The first kappa shape index (κ1) is 20.7. The summed E-state index contributed by atoms with van der Waals surface area (Å²) in [5.41, 5.74) is 2.70. The van der Waals surface area contributed by atoms with Crippen molar-refractivity contribution in [2.75, 3.05) is 11.5 Å². The molecule has 1 aromatic carbocycles. The fraction of sp³-hybridized carbons (Fsp3) is 0.304. The van der Waals surface area contributed by atoms with Crippen LogP contribution in [-0.2, 0) is 10.2 Å². The molecule has 0 radical (unpaired) electrons. The number of nitrogens with zero attached hydrogens (tertiary/aromatic N) is 5. The number of fused-ring (bicyclic) bond motifs is 1. The summed E-state index contributed by atoms with van der Waals surface area (Å²) in [6.45, 7) is 5.48. The van der Waals surface area contributed by atoms with Crippen LogP contribution in [0.1, 0.15) is 48.6 Å². The van der Waals surface area contributed by atoms with E-state index in [4.69, 9.17) is 5.11 Å². The smallest absolute Gasteiger partial charge is 0.242 e. The van der Waals surface area contributed by atoms with Gasteiger partial charge in [-0.25, -0.2) is 15.0 Å². The van der Waals surface area contributed by atoms with Gasteiger partial charge >= 0.3 is 0 Å². The van der Waals surface area contributed by atoms with E-state index in [1.165, 1.54) is 17.3 Å². The molecule has 8 nitrogen and oxygen atoms in total. The highest BCUT2D eigenvalue weighted by atomic mass is 16.3. The average Bonchev–Trinajstić information content (AvgIpc) is 2.97. The van der Waals surface area contributed by atoms with E-state index in [0.29, 0.717) is 23.8 Å². The van der Waals surface area contributed by atoms with Crippen molar-refractivity contribution < 1.29 is 14.7 Å². The highest BCUT2D eigenvalue weighted by Gasteiger charge is 2.45. The molecule has 4 rings (SSSR count). The van der Waals surface area contributed by atoms with Crippen molar-refractivity contribution in [1.29, 1.82) is 0 Å². The van der Waals surface area contributed by atoms with Crippen molar-refractivity contribution in [3.8, 4) is 11.1 Å². The number of carbonyl (C=O) groups is 2. The molecule has 158 valence electrons. The molecule has 0 fully saturated rings. The topological polar surface area (TPSA) is 109 Å². The molecule has 0 aliphatic carbocycles. The van der Waals surface area contributed by atoms with Crippen LogP contribution in [0.5, 0.6) is 0 Å². The van der Waals surface area contributed by atoms with Crippen molar-refractivity contribution in [1.82, 2.24) is 19.9 Å². The second-order valence-corrected chi connectivity index (χ2v) is 8.03. The van der Waals surface area contributed by atoms with E-state index in [9.17, 15) is 9.59 Å². The number of anilines is 2. The van der Waals surface area contributed by atoms with Crippen LogP contribution in [0.3, 0.4) is 0 Å². The fourth-order valence-corrected chi connectivity index (χ4v) is 3.66. The Hall–Kier alpha value is -3.52. The first-order valence-electron chi connectivity index (χ1n) is 10.1. The number of carbonyl (C=O) groups excluding carboxylic acids is 2.